The van der Waals surface area contributed by atoms with Crippen LogP contribution in [-0.4, -0.2) is 32.4 Å². The molecule has 0 saturated carbocycles. The third-order valence-electron chi connectivity index (χ3n) is 6.52. The number of aryl methyl sites for hydroxylation is 3. The maximum Gasteiger partial charge on any atom is 0.229 e. The maximum atomic E-state index is 13.6. The molecular formula is C28H32N4O2S. The van der Waals surface area contributed by atoms with Crippen molar-refractivity contribution in [3.8, 4) is 0 Å². The van der Waals surface area contributed by atoms with E-state index in [4.69, 9.17) is 4.98 Å². The van der Waals surface area contributed by atoms with E-state index in [1.807, 2.05) is 44.2 Å². The molecule has 3 aromatic rings. The van der Waals surface area contributed by atoms with E-state index >= 15 is 0 Å². The zero-order valence-electron chi connectivity index (χ0n) is 20.9. The monoisotopic (exact) mass is 488 g/mol. The summed E-state index contributed by atoms with van der Waals surface area (Å²) in [7, 11) is 0. The highest BCUT2D eigenvalue weighted by molar-refractivity contribution is 7.99. The molecule has 1 aromatic carbocycles. The van der Waals surface area contributed by atoms with Crippen LogP contribution in [-0.2, 0) is 35.9 Å². The predicted molar refractivity (Wildman–Crippen MR) is 140 cm³/mol. The first-order valence-corrected chi connectivity index (χ1v) is 13.3. The highest BCUT2D eigenvalue weighted by atomic mass is 32.2. The van der Waals surface area contributed by atoms with Crippen LogP contribution in [0.3, 0.4) is 0 Å². The minimum absolute atomic E-state index is 0.0250. The van der Waals surface area contributed by atoms with Crippen molar-refractivity contribution in [1.82, 2.24) is 15.0 Å². The van der Waals surface area contributed by atoms with E-state index < -0.39 is 5.41 Å². The molecule has 182 valence electrons. The van der Waals surface area contributed by atoms with E-state index in [0.29, 0.717) is 24.2 Å². The Balaban J connectivity index is 1.49. The normalized spacial score (nSPS) is 17.2. The van der Waals surface area contributed by atoms with Crippen molar-refractivity contribution >= 4 is 29.3 Å². The standard InChI is InChI=1S/C28H32N4O2S/c1-5-19-17-23(31-24(6-2)29-19)28(4)15-14-22-21(27(28)34)12-13-25(30-22)32-26(33)16-18-8-10-20(11-9-18)35-7-3/h8-13,17H,5-7,14-16H2,1-4H3,(H,30,32,33). The molecule has 1 aliphatic carbocycles. The van der Waals surface area contributed by atoms with E-state index in [0.717, 1.165) is 47.1 Å². The summed E-state index contributed by atoms with van der Waals surface area (Å²) in [6.07, 6.45) is 3.07. The Morgan fingerprint density at radius 3 is 2.49 bits per heavy atom. The lowest BCUT2D eigenvalue weighted by Crippen LogP contribution is -2.39. The van der Waals surface area contributed by atoms with Crippen molar-refractivity contribution in [3.05, 3.63) is 76.5 Å². The number of thioether (sulfide) groups is 1. The number of nitrogens with zero attached hydrogens (tertiary/aromatic N) is 3. The second-order valence-corrected chi connectivity index (χ2v) is 10.4. The topological polar surface area (TPSA) is 84.8 Å². The third kappa shape index (κ3) is 5.45. The van der Waals surface area contributed by atoms with Gasteiger partial charge in [0.15, 0.2) is 5.78 Å². The Bertz CT molecular complexity index is 1220. The van der Waals surface area contributed by atoms with Crippen LogP contribution in [0.1, 0.15) is 72.9 Å². The number of Topliss-reactive ketones (excluding diaryl/α,β-unsaturated/α-hetero) is 1. The molecule has 0 radical (unpaired) electrons. The number of anilines is 1. The fourth-order valence-corrected chi connectivity index (χ4v) is 5.07. The molecule has 1 N–H and O–H groups in total. The minimum Gasteiger partial charge on any atom is -0.310 e. The number of hydrogen-bond donors (Lipinski definition) is 1. The van der Waals surface area contributed by atoms with Crippen molar-refractivity contribution in [3.63, 3.8) is 0 Å². The predicted octanol–water partition coefficient (Wildman–Crippen LogP) is 5.38. The van der Waals surface area contributed by atoms with Crippen LogP contribution in [0.25, 0.3) is 0 Å². The second-order valence-electron chi connectivity index (χ2n) is 9.02. The molecule has 0 saturated heterocycles. The molecule has 7 heteroatoms. The van der Waals surface area contributed by atoms with Crippen molar-refractivity contribution in [2.75, 3.05) is 11.1 Å². The van der Waals surface area contributed by atoms with Crippen molar-refractivity contribution in [2.24, 2.45) is 0 Å². The van der Waals surface area contributed by atoms with Gasteiger partial charge in [-0.3, -0.25) is 9.59 Å². The summed E-state index contributed by atoms with van der Waals surface area (Å²) in [4.78, 5) is 41.3. The average Bonchev–Trinajstić information content (AvgIpc) is 2.87. The van der Waals surface area contributed by atoms with Crippen LogP contribution < -0.4 is 5.32 Å². The number of rotatable bonds is 8. The van der Waals surface area contributed by atoms with Gasteiger partial charge in [0, 0.05) is 22.6 Å². The first-order valence-electron chi connectivity index (χ1n) is 12.3. The number of amides is 1. The summed E-state index contributed by atoms with van der Waals surface area (Å²) >= 11 is 1.78. The fourth-order valence-electron chi connectivity index (χ4n) is 4.41. The first-order chi connectivity index (χ1) is 16.9. The molecule has 2 aromatic heterocycles. The van der Waals surface area contributed by atoms with Crippen LogP contribution in [0, 0.1) is 0 Å². The summed E-state index contributed by atoms with van der Waals surface area (Å²) in [5.74, 6) is 2.17. The number of nitrogens with one attached hydrogen (secondary N) is 1. The Labute approximate surface area is 211 Å². The molecule has 0 fully saturated rings. The molecule has 0 bridgehead atoms. The zero-order valence-corrected chi connectivity index (χ0v) is 21.7. The van der Waals surface area contributed by atoms with Crippen molar-refractivity contribution in [1.29, 1.82) is 0 Å². The Morgan fingerprint density at radius 2 is 1.80 bits per heavy atom. The van der Waals surface area contributed by atoms with Gasteiger partial charge in [-0.15, -0.1) is 11.8 Å². The molecule has 1 amide bonds. The Kier molecular flexibility index (Phi) is 7.65. The van der Waals surface area contributed by atoms with Gasteiger partial charge in [0.05, 0.1) is 23.2 Å². The van der Waals surface area contributed by atoms with Gasteiger partial charge in [-0.2, -0.15) is 0 Å². The van der Waals surface area contributed by atoms with E-state index in [9.17, 15) is 9.59 Å². The number of benzene rings is 1. The second kappa shape index (κ2) is 10.7. The lowest BCUT2D eigenvalue weighted by atomic mass is 9.70. The molecular weight excluding hydrogens is 456 g/mol. The Morgan fingerprint density at radius 1 is 1.03 bits per heavy atom. The van der Waals surface area contributed by atoms with Gasteiger partial charge in [0.25, 0.3) is 0 Å². The highest BCUT2D eigenvalue weighted by Crippen LogP contribution is 2.37. The van der Waals surface area contributed by atoms with Gasteiger partial charge in [0.2, 0.25) is 5.91 Å². The third-order valence-corrected chi connectivity index (χ3v) is 7.41. The molecule has 35 heavy (non-hydrogen) atoms. The summed E-state index contributed by atoms with van der Waals surface area (Å²) in [5, 5.41) is 2.89. The first kappa shape index (κ1) is 25.0. The smallest absolute Gasteiger partial charge is 0.229 e. The number of hydrogen-bond acceptors (Lipinski definition) is 6. The summed E-state index contributed by atoms with van der Waals surface area (Å²) in [6.45, 7) is 8.18. The minimum atomic E-state index is -0.710. The summed E-state index contributed by atoms with van der Waals surface area (Å²) in [6, 6.07) is 13.5. The van der Waals surface area contributed by atoms with Gasteiger partial charge in [0.1, 0.15) is 11.6 Å². The number of fused-ring (bicyclic) bond motifs is 1. The van der Waals surface area contributed by atoms with Gasteiger partial charge >= 0.3 is 0 Å². The number of pyridine rings is 1. The molecule has 6 nitrogen and oxygen atoms in total. The van der Waals surface area contributed by atoms with Crippen LogP contribution >= 0.6 is 11.8 Å². The van der Waals surface area contributed by atoms with Crippen LogP contribution in [0.2, 0.25) is 0 Å². The van der Waals surface area contributed by atoms with Crippen molar-refractivity contribution in [2.45, 2.75) is 70.1 Å². The van der Waals surface area contributed by atoms with Crippen molar-refractivity contribution < 1.29 is 9.59 Å². The number of carbonyl (C=O) groups is 2. The van der Waals surface area contributed by atoms with Gasteiger partial charge in [-0.1, -0.05) is 32.9 Å². The molecule has 1 atom stereocenters. The quantitative estimate of drug-likeness (QED) is 0.429. The van der Waals surface area contributed by atoms with E-state index in [-0.39, 0.29) is 18.1 Å². The molecule has 4 rings (SSSR count). The average molecular weight is 489 g/mol. The number of carbonyl (C=O) groups excluding carboxylic acids is 2. The largest absolute Gasteiger partial charge is 0.310 e. The molecule has 0 spiro atoms. The Hall–Kier alpha value is -3.06. The summed E-state index contributed by atoms with van der Waals surface area (Å²) in [5.41, 5.74) is 3.33. The molecule has 0 aliphatic heterocycles. The van der Waals surface area contributed by atoms with E-state index in [2.05, 4.69) is 29.1 Å². The zero-order chi connectivity index (χ0) is 25.0. The number of ketones is 1. The van der Waals surface area contributed by atoms with Crippen LogP contribution in [0.15, 0.2) is 47.4 Å². The fraction of sp³-hybridized carbons (Fsp3) is 0.393. The SMILES string of the molecule is CCSc1ccc(CC(=O)Nc2ccc3c(n2)CCC(C)(c2cc(CC)nc(CC)n2)C3=O)cc1. The molecule has 2 heterocycles. The van der Waals surface area contributed by atoms with Gasteiger partial charge < -0.3 is 5.32 Å². The van der Waals surface area contributed by atoms with Gasteiger partial charge in [-0.25, -0.2) is 15.0 Å². The maximum absolute atomic E-state index is 13.6. The summed E-state index contributed by atoms with van der Waals surface area (Å²) < 4.78 is 0. The van der Waals surface area contributed by atoms with E-state index in [1.54, 1.807) is 23.9 Å². The highest BCUT2D eigenvalue weighted by Gasteiger charge is 2.42. The van der Waals surface area contributed by atoms with Crippen LogP contribution in [0.4, 0.5) is 5.82 Å². The number of aromatic nitrogens is 3. The van der Waals surface area contributed by atoms with E-state index in [1.165, 1.54) is 4.90 Å². The molecule has 1 aliphatic rings. The van der Waals surface area contributed by atoms with Crippen LogP contribution in [0.5, 0.6) is 0 Å². The molecule has 1 unspecified atom stereocenters. The lowest BCUT2D eigenvalue weighted by molar-refractivity contribution is -0.115. The van der Waals surface area contributed by atoms with Gasteiger partial charge in [-0.05, 0) is 67.8 Å². The lowest BCUT2D eigenvalue weighted by Gasteiger charge is -2.33.